The Balaban J connectivity index is 1.75. The minimum atomic E-state index is -0.334. The minimum Gasteiger partial charge on any atom is -0.378 e. The molecule has 0 amide bonds. The Bertz CT molecular complexity index is 837. The molecule has 0 radical (unpaired) electrons. The van der Waals surface area contributed by atoms with Crippen LogP contribution in [0.25, 0.3) is 5.69 Å². The van der Waals surface area contributed by atoms with Gasteiger partial charge in [-0.1, -0.05) is 6.92 Å². The van der Waals surface area contributed by atoms with E-state index < -0.39 is 0 Å². The molecule has 0 aliphatic carbocycles. The number of nitrogens with zero attached hydrogens (tertiary/aromatic N) is 6. The van der Waals surface area contributed by atoms with E-state index in [1.807, 2.05) is 26.0 Å². The number of anilines is 1. The Morgan fingerprint density at radius 3 is 2.71 bits per heavy atom. The lowest BCUT2D eigenvalue weighted by atomic mass is 10.2. The molecule has 8 heteroatoms. The standard InChI is InChI=1S/C16H20FN7/c1-4-7-23-16(19-21-22-23)10-18-13-5-6-15(14(17)9-13)24-12(3)8-11(2)20-24/h5-6,8-9,18H,4,7,10H2,1-3H3. The molecule has 0 fully saturated rings. The van der Waals surface area contributed by atoms with E-state index in [1.165, 1.54) is 6.07 Å². The van der Waals surface area contributed by atoms with Crippen molar-refractivity contribution in [1.82, 2.24) is 30.0 Å². The number of benzene rings is 1. The first-order valence-corrected chi connectivity index (χ1v) is 7.90. The van der Waals surface area contributed by atoms with Gasteiger partial charge in [0.25, 0.3) is 0 Å². The highest BCUT2D eigenvalue weighted by Crippen LogP contribution is 2.20. The second-order valence-corrected chi connectivity index (χ2v) is 5.68. The third-order valence-electron chi connectivity index (χ3n) is 3.68. The summed E-state index contributed by atoms with van der Waals surface area (Å²) in [4.78, 5) is 0. The van der Waals surface area contributed by atoms with E-state index in [9.17, 15) is 4.39 Å². The van der Waals surface area contributed by atoms with Crippen molar-refractivity contribution in [1.29, 1.82) is 0 Å². The van der Waals surface area contributed by atoms with Crippen LogP contribution in [0.3, 0.4) is 0 Å². The Morgan fingerprint density at radius 2 is 2.04 bits per heavy atom. The van der Waals surface area contributed by atoms with Gasteiger partial charge >= 0.3 is 0 Å². The molecule has 1 N–H and O–H groups in total. The fourth-order valence-electron chi connectivity index (χ4n) is 2.58. The highest BCUT2D eigenvalue weighted by molar-refractivity contribution is 5.50. The van der Waals surface area contributed by atoms with Crippen molar-refractivity contribution in [3.63, 3.8) is 0 Å². The summed E-state index contributed by atoms with van der Waals surface area (Å²) in [5.74, 6) is 0.388. The van der Waals surface area contributed by atoms with Crippen LogP contribution in [0.15, 0.2) is 24.3 Å². The molecule has 3 aromatic rings. The van der Waals surface area contributed by atoms with E-state index in [4.69, 9.17) is 0 Å². The van der Waals surface area contributed by atoms with Crippen LogP contribution in [0.4, 0.5) is 10.1 Å². The van der Waals surface area contributed by atoms with E-state index in [1.54, 1.807) is 15.4 Å². The molecule has 0 saturated carbocycles. The fourth-order valence-corrected chi connectivity index (χ4v) is 2.58. The average Bonchev–Trinajstić information content (AvgIpc) is 3.12. The summed E-state index contributed by atoms with van der Waals surface area (Å²) in [5, 5.41) is 19.1. The van der Waals surface area contributed by atoms with E-state index in [0.717, 1.165) is 30.2 Å². The number of hydrogen-bond donors (Lipinski definition) is 1. The number of halogens is 1. The van der Waals surface area contributed by atoms with Crippen molar-refractivity contribution in [2.24, 2.45) is 0 Å². The lowest BCUT2D eigenvalue weighted by Gasteiger charge is -2.10. The maximum atomic E-state index is 14.4. The van der Waals surface area contributed by atoms with E-state index >= 15 is 0 Å². The molecule has 2 aromatic heterocycles. The lowest BCUT2D eigenvalue weighted by Crippen LogP contribution is -2.10. The van der Waals surface area contributed by atoms with Crippen LogP contribution in [-0.2, 0) is 13.1 Å². The molecular weight excluding hydrogens is 309 g/mol. The van der Waals surface area contributed by atoms with Crippen molar-refractivity contribution >= 4 is 5.69 Å². The van der Waals surface area contributed by atoms with Crippen molar-refractivity contribution in [2.45, 2.75) is 40.3 Å². The van der Waals surface area contributed by atoms with Gasteiger partial charge in [-0.15, -0.1) is 5.10 Å². The van der Waals surface area contributed by atoms with Gasteiger partial charge in [-0.05, 0) is 55.0 Å². The molecule has 0 aliphatic heterocycles. The molecule has 0 unspecified atom stereocenters. The highest BCUT2D eigenvalue weighted by Gasteiger charge is 2.11. The van der Waals surface area contributed by atoms with Crippen LogP contribution in [0, 0.1) is 19.7 Å². The van der Waals surface area contributed by atoms with Gasteiger partial charge < -0.3 is 5.32 Å². The summed E-state index contributed by atoms with van der Waals surface area (Å²) in [6.07, 6.45) is 0.948. The molecule has 0 saturated heterocycles. The smallest absolute Gasteiger partial charge is 0.170 e. The second-order valence-electron chi connectivity index (χ2n) is 5.68. The molecule has 24 heavy (non-hydrogen) atoms. The zero-order valence-corrected chi connectivity index (χ0v) is 14.0. The number of aromatic nitrogens is 6. The number of rotatable bonds is 6. The SMILES string of the molecule is CCCn1nnnc1CNc1ccc(-n2nc(C)cc2C)c(F)c1. The molecule has 0 spiro atoms. The zero-order chi connectivity index (χ0) is 17.1. The van der Waals surface area contributed by atoms with Crippen LogP contribution in [0.5, 0.6) is 0 Å². The van der Waals surface area contributed by atoms with Crippen molar-refractivity contribution in [3.05, 3.63) is 47.3 Å². The van der Waals surface area contributed by atoms with Crippen molar-refractivity contribution in [2.75, 3.05) is 5.32 Å². The van der Waals surface area contributed by atoms with Gasteiger partial charge in [-0.25, -0.2) is 13.8 Å². The number of aryl methyl sites for hydroxylation is 3. The lowest BCUT2D eigenvalue weighted by molar-refractivity contribution is 0.558. The second kappa shape index (κ2) is 6.77. The van der Waals surface area contributed by atoms with Gasteiger partial charge in [-0.3, -0.25) is 0 Å². The van der Waals surface area contributed by atoms with Crippen LogP contribution in [0.2, 0.25) is 0 Å². The molecule has 7 nitrogen and oxygen atoms in total. The fraction of sp³-hybridized carbons (Fsp3) is 0.375. The first-order valence-electron chi connectivity index (χ1n) is 7.90. The summed E-state index contributed by atoms with van der Waals surface area (Å²) in [6, 6.07) is 6.91. The molecular formula is C16H20FN7. The van der Waals surface area contributed by atoms with Crippen LogP contribution < -0.4 is 5.32 Å². The summed E-state index contributed by atoms with van der Waals surface area (Å²) in [7, 11) is 0. The van der Waals surface area contributed by atoms with Gasteiger partial charge in [0.15, 0.2) is 11.6 Å². The van der Waals surface area contributed by atoms with Gasteiger partial charge in [0.1, 0.15) is 5.69 Å². The largest absolute Gasteiger partial charge is 0.378 e. The highest BCUT2D eigenvalue weighted by atomic mass is 19.1. The Labute approximate surface area is 139 Å². The van der Waals surface area contributed by atoms with Crippen molar-refractivity contribution < 1.29 is 4.39 Å². The molecule has 3 rings (SSSR count). The minimum absolute atomic E-state index is 0.334. The van der Waals surface area contributed by atoms with Gasteiger partial charge in [0.2, 0.25) is 0 Å². The molecule has 0 atom stereocenters. The predicted molar refractivity (Wildman–Crippen MR) is 88.4 cm³/mol. The van der Waals surface area contributed by atoms with Crippen molar-refractivity contribution in [3.8, 4) is 5.69 Å². The monoisotopic (exact) mass is 329 g/mol. The Morgan fingerprint density at radius 1 is 1.21 bits per heavy atom. The summed E-state index contributed by atoms with van der Waals surface area (Å²) in [6.45, 7) is 7.05. The third kappa shape index (κ3) is 3.27. The Hall–Kier alpha value is -2.77. The first-order chi connectivity index (χ1) is 11.6. The van der Waals surface area contributed by atoms with Gasteiger partial charge in [-0.2, -0.15) is 5.10 Å². The van der Waals surface area contributed by atoms with Gasteiger partial charge in [0.05, 0.1) is 12.2 Å². The molecule has 0 bridgehead atoms. The normalized spacial score (nSPS) is 11.0. The summed E-state index contributed by atoms with van der Waals surface area (Å²) < 4.78 is 17.8. The van der Waals surface area contributed by atoms with E-state index in [-0.39, 0.29) is 5.82 Å². The van der Waals surface area contributed by atoms with E-state index in [0.29, 0.717) is 17.9 Å². The maximum Gasteiger partial charge on any atom is 0.170 e. The van der Waals surface area contributed by atoms with Crippen LogP contribution in [-0.4, -0.2) is 30.0 Å². The molecule has 2 heterocycles. The van der Waals surface area contributed by atoms with Crippen LogP contribution in [0.1, 0.15) is 30.6 Å². The predicted octanol–water partition coefficient (Wildman–Crippen LogP) is 2.64. The molecule has 0 aliphatic rings. The summed E-state index contributed by atoms with van der Waals surface area (Å²) >= 11 is 0. The zero-order valence-electron chi connectivity index (χ0n) is 14.0. The molecule has 126 valence electrons. The van der Waals surface area contributed by atoms with Crippen LogP contribution >= 0.6 is 0 Å². The summed E-state index contributed by atoms with van der Waals surface area (Å²) in [5.41, 5.74) is 2.86. The first kappa shape index (κ1) is 16.1. The number of nitrogens with one attached hydrogen (secondary N) is 1. The maximum absolute atomic E-state index is 14.4. The third-order valence-corrected chi connectivity index (χ3v) is 3.68. The quantitative estimate of drug-likeness (QED) is 0.752. The molecule has 1 aromatic carbocycles. The average molecular weight is 329 g/mol. The number of tetrazole rings is 1. The topological polar surface area (TPSA) is 73.5 Å². The number of hydrogen-bond acceptors (Lipinski definition) is 5. The van der Waals surface area contributed by atoms with Gasteiger partial charge in [0, 0.05) is 17.9 Å². The Kier molecular flexibility index (Phi) is 4.54. The van der Waals surface area contributed by atoms with E-state index in [2.05, 4.69) is 32.9 Å².